The highest BCUT2D eigenvalue weighted by Gasteiger charge is 2.61. The van der Waals surface area contributed by atoms with Crippen molar-refractivity contribution in [3.05, 3.63) is 45.3 Å². The molecule has 1 saturated heterocycles. The lowest BCUT2D eigenvalue weighted by atomic mass is 9.51. The van der Waals surface area contributed by atoms with Crippen molar-refractivity contribution in [1.29, 1.82) is 5.26 Å². The molecule has 1 saturated carbocycles. The molecular formula is C18H20Cl2N4O. The minimum atomic E-state index is -0.565. The van der Waals surface area contributed by atoms with Crippen LogP contribution in [0.2, 0.25) is 10.0 Å². The largest absolute Gasteiger partial charge is 0.458 e. The van der Waals surface area contributed by atoms with Crippen LogP contribution in [0.4, 0.5) is 0 Å². The van der Waals surface area contributed by atoms with E-state index in [0.717, 1.165) is 24.8 Å². The normalized spacial score (nSPS) is 34.9. The van der Waals surface area contributed by atoms with Crippen LogP contribution in [-0.4, -0.2) is 12.3 Å². The van der Waals surface area contributed by atoms with E-state index in [1.54, 1.807) is 6.07 Å². The zero-order valence-corrected chi connectivity index (χ0v) is 15.4. The Kier molecular flexibility index (Phi) is 4.12. The third-order valence-corrected chi connectivity index (χ3v) is 6.40. The van der Waals surface area contributed by atoms with Crippen LogP contribution in [0.25, 0.3) is 0 Å². The first-order valence-electron chi connectivity index (χ1n) is 8.53. The maximum absolute atomic E-state index is 10.00. The number of rotatable bonds is 2. The SMILES string of the molecule is CC1NNC2OC(N)=C(C#N)C(c3cc(Cl)cc(Cl)c3)(C3CCC3)C12. The summed E-state index contributed by atoms with van der Waals surface area (Å²) in [4.78, 5) is 0. The second-order valence-electron chi connectivity index (χ2n) is 7.15. The summed E-state index contributed by atoms with van der Waals surface area (Å²) in [6.45, 7) is 2.09. The molecule has 0 amide bonds. The van der Waals surface area contributed by atoms with E-state index in [1.807, 2.05) is 12.1 Å². The Balaban J connectivity index is 2.03. The van der Waals surface area contributed by atoms with Gasteiger partial charge in [0.2, 0.25) is 5.88 Å². The van der Waals surface area contributed by atoms with Crippen molar-refractivity contribution < 1.29 is 4.74 Å². The Morgan fingerprint density at radius 3 is 2.48 bits per heavy atom. The van der Waals surface area contributed by atoms with Crippen LogP contribution in [0.5, 0.6) is 0 Å². The van der Waals surface area contributed by atoms with Crippen molar-refractivity contribution in [2.45, 2.75) is 43.9 Å². The van der Waals surface area contributed by atoms with Crippen molar-refractivity contribution in [2.75, 3.05) is 0 Å². The van der Waals surface area contributed by atoms with Gasteiger partial charge in [0.25, 0.3) is 0 Å². The fourth-order valence-electron chi connectivity index (χ4n) is 4.81. The average Bonchev–Trinajstić information content (AvgIpc) is 2.85. The van der Waals surface area contributed by atoms with Crippen LogP contribution in [0.1, 0.15) is 31.7 Å². The highest BCUT2D eigenvalue weighted by atomic mass is 35.5. The standard InChI is InChI=1S/C18H20Cl2N4O/c1-9-15-17(24-23-9)25-16(22)14(8-21)18(15,10-3-2-4-10)11-5-12(19)7-13(20)6-11/h5-7,9-10,15,17,23-24H,2-4,22H2,1H3. The summed E-state index contributed by atoms with van der Waals surface area (Å²) in [5.74, 6) is 0.500. The molecule has 2 fully saturated rings. The number of nitrogens with two attached hydrogens (primary N) is 1. The highest BCUT2D eigenvalue weighted by Crippen LogP contribution is 2.58. The lowest BCUT2D eigenvalue weighted by Gasteiger charge is -2.53. The molecule has 4 rings (SSSR count). The summed E-state index contributed by atoms with van der Waals surface area (Å²) >= 11 is 12.7. The van der Waals surface area contributed by atoms with Gasteiger partial charge in [-0.1, -0.05) is 29.6 Å². The maximum Gasteiger partial charge on any atom is 0.200 e. The van der Waals surface area contributed by atoms with Crippen molar-refractivity contribution in [3.8, 4) is 6.07 Å². The molecule has 4 atom stereocenters. The molecule has 2 heterocycles. The molecule has 132 valence electrons. The fourth-order valence-corrected chi connectivity index (χ4v) is 5.34. The molecular weight excluding hydrogens is 359 g/mol. The molecule has 2 aliphatic heterocycles. The van der Waals surface area contributed by atoms with Crippen LogP contribution in [0, 0.1) is 23.2 Å². The van der Waals surface area contributed by atoms with E-state index in [4.69, 9.17) is 33.7 Å². The first kappa shape index (κ1) is 17.0. The lowest BCUT2D eigenvalue weighted by molar-refractivity contribution is -0.0217. The summed E-state index contributed by atoms with van der Waals surface area (Å²) in [5, 5.41) is 11.1. The van der Waals surface area contributed by atoms with Crippen molar-refractivity contribution in [3.63, 3.8) is 0 Å². The molecule has 3 aliphatic rings. The number of allylic oxidation sites excluding steroid dienone is 1. The van der Waals surface area contributed by atoms with Crippen LogP contribution < -0.4 is 16.6 Å². The van der Waals surface area contributed by atoms with E-state index in [0.29, 0.717) is 21.5 Å². The molecule has 7 heteroatoms. The predicted octanol–water partition coefficient (Wildman–Crippen LogP) is 3.19. The first-order chi connectivity index (χ1) is 12.0. The van der Waals surface area contributed by atoms with E-state index in [9.17, 15) is 5.26 Å². The average molecular weight is 379 g/mol. The number of nitriles is 1. The quantitative estimate of drug-likeness (QED) is 0.735. The van der Waals surface area contributed by atoms with E-state index in [-0.39, 0.29) is 24.1 Å². The van der Waals surface area contributed by atoms with Crippen LogP contribution in [0.3, 0.4) is 0 Å². The van der Waals surface area contributed by atoms with Gasteiger partial charge in [-0.15, -0.1) is 0 Å². The van der Waals surface area contributed by atoms with Gasteiger partial charge in [-0.3, -0.25) is 5.43 Å². The lowest BCUT2D eigenvalue weighted by Crippen LogP contribution is -2.57. The molecule has 0 aromatic heterocycles. The van der Waals surface area contributed by atoms with Crippen LogP contribution in [0.15, 0.2) is 29.7 Å². The molecule has 5 nitrogen and oxygen atoms in total. The fraction of sp³-hybridized carbons (Fsp3) is 0.500. The second kappa shape index (κ2) is 6.07. The monoisotopic (exact) mass is 378 g/mol. The zero-order chi connectivity index (χ0) is 17.8. The van der Waals surface area contributed by atoms with E-state index in [2.05, 4.69) is 23.8 Å². The van der Waals surface area contributed by atoms with Gasteiger partial charge >= 0.3 is 0 Å². The number of ether oxygens (including phenoxy) is 1. The Morgan fingerprint density at radius 1 is 1.24 bits per heavy atom. The van der Waals surface area contributed by atoms with E-state index < -0.39 is 5.41 Å². The number of nitrogens with zero attached hydrogens (tertiary/aromatic N) is 1. The Labute approximate surface area is 157 Å². The minimum absolute atomic E-state index is 0.00860. The van der Waals surface area contributed by atoms with Crippen molar-refractivity contribution in [2.24, 2.45) is 17.6 Å². The van der Waals surface area contributed by atoms with Crippen LogP contribution >= 0.6 is 23.2 Å². The predicted molar refractivity (Wildman–Crippen MR) is 96.4 cm³/mol. The Morgan fingerprint density at radius 2 is 1.92 bits per heavy atom. The molecule has 1 aromatic rings. The zero-order valence-electron chi connectivity index (χ0n) is 13.9. The Bertz CT molecular complexity index is 766. The van der Waals surface area contributed by atoms with Gasteiger partial charge in [0, 0.05) is 27.4 Å². The smallest absolute Gasteiger partial charge is 0.200 e. The first-order valence-corrected chi connectivity index (χ1v) is 9.28. The topological polar surface area (TPSA) is 83.1 Å². The molecule has 4 unspecified atom stereocenters. The van der Waals surface area contributed by atoms with Crippen molar-refractivity contribution in [1.82, 2.24) is 10.9 Å². The molecule has 4 N–H and O–H groups in total. The summed E-state index contributed by atoms with van der Waals surface area (Å²) in [6.07, 6.45) is 2.93. The number of halogens is 2. The van der Waals surface area contributed by atoms with Gasteiger partial charge in [-0.05, 0) is 49.4 Å². The van der Waals surface area contributed by atoms with Gasteiger partial charge in [0.05, 0.1) is 0 Å². The number of benzene rings is 1. The summed E-state index contributed by atoms with van der Waals surface area (Å²) < 4.78 is 5.84. The molecule has 0 spiro atoms. The third kappa shape index (κ3) is 2.36. The summed E-state index contributed by atoms with van der Waals surface area (Å²) in [7, 11) is 0. The number of hydrazine groups is 1. The Hall–Kier alpha value is -1.45. The summed E-state index contributed by atoms with van der Waals surface area (Å²) in [6, 6.07) is 8.00. The van der Waals surface area contributed by atoms with Gasteiger partial charge < -0.3 is 10.5 Å². The van der Waals surface area contributed by atoms with E-state index >= 15 is 0 Å². The number of fused-ring (bicyclic) bond motifs is 1. The molecule has 0 radical (unpaired) electrons. The van der Waals surface area contributed by atoms with Crippen LogP contribution in [-0.2, 0) is 10.2 Å². The minimum Gasteiger partial charge on any atom is -0.458 e. The number of hydrogen-bond acceptors (Lipinski definition) is 5. The molecule has 1 aliphatic carbocycles. The molecule has 1 aromatic carbocycles. The maximum atomic E-state index is 10.00. The van der Waals surface area contributed by atoms with E-state index in [1.165, 1.54) is 0 Å². The molecule has 25 heavy (non-hydrogen) atoms. The second-order valence-corrected chi connectivity index (χ2v) is 8.02. The number of hydrogen-bond donors (Lipinski definition) is 3. The molecule has 0 bridgehead atoms. The van der Waals surface area contributed by atoms with Gasteiger partial charge in [0.15, 0.2) is 6.23 Å². The third-order valence-electron chi connectivity index (χ3n) is 5.96. The van der Waals surface area contributed by atoms with Gasteiger partial charge in [0.1, 0.15) is 11.6 Å². The summed E-state index contributed by atoms with van der Waals surface area (Å²) in [5.41, 5.74) is 13.5. The van der Waals surface area contributed by atoms with Gasteiger partial charge in [-0.25, -0.2) is 5.43 Å². The highest BCUT2D eigenvalue weighted by molar-refractivity contribution is 6.34. The van der Waals surface area contributed by atoms with Gasteiger partial charge in [-0.2, -0.15) is 5.26 Å². The van der Waals surface area contributed by atoms with Crippen molar-refractivity contribution >= 4 is 23.2 Å². The number of nitrogens with one attached hydrogen (secondary N) is 2.